The second kappa shape index (κ2) is 15.6. The number of allylic oxidation sites excluding steroid dienone is 4. The van der Waals surface area contributed by atoms with Crippen molar-refractivity contribution in [1.29, 1.82) is 0 Å². The predicted octanol–water partition coefficient (Wildman–Crippen LogP) is 3.51. The van der Waals surface area contributed by atoms with E-state index in [4.69, 9.17) is 0 Å². The van der Waals surface area contributed by atoms with E-state index in [1.807, 2.05) is 0 Å². The first-order chi connectivity index (χ1) is 17.1. The maximum Gasteiger partial charge on any atom is -0.0809 e. The van der Waals surface area contributed by atoms with Crippen molar-refractivity contribution < 1.29 is 49.0 Å². The third-order valence-corrected chi connectivity index (χ3v) is 7.50. The van der Waals surface area contributed by atoms with Crippen LogP contribution in [0, 0.1) is 16.9 Å². The Morgan fingerprint density at radius 3 is 1.63 bits per heavy atom. The minimum atomic E-state index is 0. The Hall–Kier alpha value is -1.92. The van der Waals surface area contributed by atoms with E-state index in [1.165, 1.54) is 60.5 Å². The van der Waals surface area contributed by atoms with Gasteiger partial charge in [0.15, 0.2) is 0 Å². The van der Waals surface area contributed by atoms with Gasteiger partial charge in [-0.25, -0.2) is 5.57 Å². The second-order valence-electron chi connectivity index (χ2n) is 11.1. The molecule has 0 spiro atoms. The number of hydrogen-bond donors (Lipinski definition) is 0. The maximum atomic E-state index is 3.48. The molecule has 0 saturated heterocycles. The molecule has 0 aromatic heterocycles. The Morgan fingerprint density at radius 2 is 1.18 bits per heavy atom. The Labute approximate surface area is 257 Å². The van der Waals surface area contributed by atoms with E-state index < -0.39 is 0 Å². The Kier molecular flexibility index (Phi) is 14.0. The molecule has 4 aromatic rings. The normalized spacial score (nSPS) is 12.4. The largest absolute Gasteiger partial charge is 0.168 e. The summed E-state index contributed by atoms with van der Waals surface area (Å²) in [6.45, 7) is 13.6. The molecule has 0 bridgehead atoms. The third kappa shape index (κ3) is 10.00. The molecule has 0 heterocycles. The Morgan fingerprint density at radius 1 is 0.684 bits per heavy atom. The summed E-state index contributed by atoms with van der Waals surface area (Å²) in [5.41, 5.74) is 6.08. The molecule has 3 heteroatoms. The van der Waals surface area contributed by atoms with E-state index in [2.05, 4.69) is 157 Å². The van der Waals surface area contributed by atoms with Gasteiger partial charge in [0.2, 0.25) is 0 Å². The Bertz CT molecular complexity index is 1220. The molecule has 1 aliphatic carbocycles. The molecule has 0 N–H and O–H groups in total. The minimum Gasteiger partial charge on any atom is -0.168 e. The SMILES string of the molecule is CC(C)(C)C1=[C-]CC=C1C(C)(C)C.[Cl-].[Cl-].[Zr+2]=[C](c1ccccc1)c1ccccc1.c1ccc2[cH-]ccc2c1. The zero-order chi connectivity index (χ0) is 26.2. The van der Waals surface area contributed by atoms with Gasteiger partial charge in [-0.05, 0) is 5.41 Å². The first kappa shape index (κ1) is 34.1. The summed E-state index contributed by atoms with van der Waals surface area (Å²) in [6, 6.07) is 35.8. The van der Waals surface area contributed by atoms with E-state index in [0.29, 0.717) is 0 Å². The van der Waals surface area contributed by atoms with Crippen molar-refractivity contribution in [3.8, 4) is 0 Å². The zero-order valence-electron chi connectivity index (χ0n) is 23.4. The van der Waals surface area contributed by atoms with E-state index in [1.54, 1.807) is 0 Å². The average Bonchev–Trinajstić information content (AvgIpc) is 3.55. The third-order valence-electron chi connectivity index (χ3n) is 6.08. The zero-order valence-corrected chi connectivity index (χ0v) is 27.3. The van der Waals surface area contributed by atoms with Crippen LogP contribution in [-0.2, 0) is 24.2 Å². The van der Waals surface area contributed by atoms with Crippen molar-refractivity contribution >= 4 is 14.0 Å². The fourth-order valence-electron chi connectivity index (χ4n) is 4.25. The van der Waals surface area contributed by atoms with Crippen molar-refractivity contribution in [3.63, 3.8) is 0 Å². The van der Waals surface area contributed by atoms with Crippen LogP contribution in [0.3, 0.4) is 0 Å². The minimum absolute atomic E-state index is 0. The molecule has 0 atom stereocenters. The summed E-state index contributed by atoms with van der Waals surface area (Å²) >= 11 is 1.46. The second-order valence-corrected chi connectivity index (χ2v) is 12.4. The first-order valence-electron chi connectivity index (χ1n) is 12.7. The molecule has 0 fully saturated rings. The van der Waals surface area contributed by atoms with Gasteiger partial charge in [0.25, 0.3) is 0 Å². The number of hydrogen-bond acceptors (Lipinski definition) is 0. The predicted molar refractivity (Wildman–Crippen MR) is 154 cm³/mol. The van der Waals surface area contributed by atoms with Crippen LogP contribution in [0.2, 0.25) is 0 Å². The van der Waals surface area contributed by atoms with Gasteiger partial charge >= 0.3 is 99.2 Å². The summed E-state index contributed by atoms with van der Waals surface area (Å²) in [7, 11) is 0. The molecular weight excluding hydrogens is 583 g/mol. The van der Waals surface area contributed by atoms with Crippen LogP contribution < -0.4 is 24.8 Å². The monoisotopic (exact) mass is 618 g/mol. The summed E-state index contributed by atoms with van der Waals surface area (Å²) < 4.78 is 1.42. The average molecular weight is 621 g/mol. The van der Waals surface area contributed by atoms with Gasteiger partial charge in [-0.3, -0.25) is 6.08 Å². The van der Waals surface area contributed by atoms with E-state index in [0.717, 1.165) is 6.42 Å². The standard InChI is InChI=1S/C13H10.C13H21.C9H7.2ClH.Zr/c1-3-7-12(8-4-1)11-13-9-5-2-6-10-13;1-12(2,3)10-8-7-9-11(10)13(4,5)6;1-2-5-9-7-3-6-8(9)4-1;;;/h1-10H;8H,7H2,1-6H3;1-7H;2*1H;/q;2*-1;;;+2/p-2. The van der Waals surface area contributed by atoms with Crippen molar-refractivity contribution in [2.45, 2.75) is 48.0 Å². The van der Waals surface area contributed by atoms with Crippen molar-refractivity contribution in [1.82, 2.24) is 0 Å². The van der Waals surface area contributed by atoms with Crippen molar-refractivity contribution in [3.05, 3.63) is 138 Å². The van der Waals surface area contributed by atoms with Crippen LogP contribution in [0.1, 0.15) is 59.1 Å². The maximum absolute atomic E-state index is 3.48. The van der Waals surface area contributed by atoms with Crippen LogP contribution in [0.15, 0.2) is 120 Å². The van der Waals surface area contributed by atoms with E-state index >= 15 is 0 Å². The Balaban J connectivity index is 0.000000283. The summed E-state index contributed by atoms with van der Waals surface area (Å²) in [5.74, 6) is 0. The fourth-order valence-corrected chi connectivity index (χ4v) is 5.07. The van der Waals surface area contributed by atoms with Gasteiger partial charge in [-0.1, -0.05) is 53.0 Å². The van der Waals surface area contributed by atoms with Crippen LogP contribution in [0.5, 0.6) is 0 Å². The van der Waals surface area contributed by atoms with Gasteiger partial charge < -0.3 is 24.8 Å². The molecule has 0 unspecified atom stereocenters. The van der Waals surface area contributed by atoms with E-state index in [9.17, 15) is 0 Å². The molecule has 1 aliphatic rings. The fraction of sp³-hybridized carbons (Fsp3) is 0.257. The number of benzene rings is 3. The molecule has 4 aromatic carbocycles. The van der Waals surface area contributed by atoms with Gasteiger partial charge in [0, 0.05) is 0 Å². The first-order valence-corrected chi connectivity index (χ1v) is 13.9. The molecule has 38 heavy (non-hydrogen) atoms. The quantitative estimate of drug-likeness (QED) is 0.301. The molecule has 0 amide bonds. The molecule has 0 saturated carbocycles. The molecule has 0 radical (unpaired) electrons. The van der Waals surface area contributed by atoms with Gasteiger partial charge in [0.1, 0.15) is 0 Å². The van der Waals surface area contributed by atoms with Gasteiger partial charge in [-0.15, -0.1) is 36.1 Å². The number of halogens is 2. The van der Waals surface area contributed by atoms with Crippen molar-refractivity contribution in [2.24, 2.45) is 10.8 Å². The molecule has 198 valence electrons. The smallest absolute Gasteiger partial charge is 0.0809 e. The number of fused-ring (bicyclic) bond motifs is 1. The summed E-state index contributed by atoms with van der Waals surface area (Å²) in [4.78, 5) is 0. The molecule has 5 rings (SSSR count). The van der Waals surface area contributed by atoms with Gasteiger partial charge in [-0.2, -0.15) is 29.2 Å². The van der Waals surface area contributed by atoms with Crippen LogP contribution in [0.4, 0.5) is 0 Å². The van der Waals surface area contributed by atoms with Crippen LogP contribution in [-0.4, -0.2) is 3.21 Å². The molecule has 0 aliphatic heterocycles. The van der Waals surface area contributed by atoms with Crippen LogP contribution in [0.25, 0.3) is 10.8 Å². The molecule has 0 nitrogen and oxygen atoms in total. The van der Waals surface area contributed by atoms with Gasteiger partial charge in [0.05, 0.1) is 0 Å². The topological polar surface area (TPSA) is 0 Å². The van der Waals surface area contributed by atoms with E-state index in [-0.39, 0.29) is 35.6 Å². The summed E-state index contributed by atoms with van der Waals surface area (Å²) in [5, 5.41) is 2.66. The van der Waals surface area contributed by atoms with Crippen molar-refractivity contribution in [2.75, 3.05) is 0 Å². The number of rotatable bonds is 2. The van der Waals surface area contributed by atoms with Crippen LogP contribution >= 0.6 is 0 Å². The molecular formula is C35H38Cl2Zr-2. The summed E-state index contributed by atoms with van der Waals surface area (Å²) in [6.07, 6.45) is 6.80.